The Bertz CT molecular complexity index is 1600. The van der Waals surface area contributed by atoms with Gasteiger partial charge in [-0.05, 0) is 41.4 Å². The van der Waals surface area contributed by atoms with Crippen LogP contribution in [-0.4, -0.2) is 39.5 Å². The molecule has 1 amide bonds. The molecule has 3 aliphatic rings. The third-order valence-electron chi connectivity index (χ3n) is 7.93. The molecule has 0 bridgehead atoms. The Balaban J connectivity index is 1.30. The van der Waals surface area contributed by atoms with Crippen LogP contribution in [-0.2, 0) is 11.2 Å². The molecule has 3 aromatic heterocycles. The molecule has 1 saturated carbocycles. The van der Waals surface area contributed by atoms with Crippen LogP contribution in [0.4, 0.5) is 5.82 Å². The highest BCUT2D eigenvalue weighted by Crippen LogP contribution is 2.55. The van der Waals surface area contributed by atoms with Crippen molar-refractivity contribution >= 4 is 34.5 Å². The van der Waals surface area contributed by atoms with Crippen LogP contribution in [0.2, 0.25) is 0 Å². The second-order valence-electron chi connectivity index (χ2n) is 9.86. The average molecular weight is 498 g/mol. The van der Waals surface area contributed by atoms with Gasteiger partial charge in [0.05, 0.1) is 5.69 Å². The number of fused-ring (bicyclic) bond motifs is 5. The number of aromatic nitrogens is 4. The summed E-state index contributed by atoms with van der Waals surface area (Å²) in [4.78, 5) is 29.3. The molecule has 180 valence electrons. The van der Waals surface area contributed by atoms with E-state index in [1.54, 1.807) is 12.3 Å². The number of hydrogen-bond donors (Lipinski definition) is 2. The Labute approximate surface area is 211 Å². The lowest BCUT2D eigenvalue weighted by atomic mass is 10.0. The first-order valence-electron chi connectivity index (χ1n) is 11.8. The molecule has 3 atom stereocenters. The van der Waals surface area contributed by atoms with Crippen LogP contribution in [0.25, 0.3) is 22.2 Å². The molecule has 1 aromatic carbocycles. The van der Waals surface area contributed by atoms with Gasteiger partial charge in [-0.25, -0.2) is 15.0 Å². The Morgan fingerprint density at radius 3 is 2.81 bits per heavy atom. The molecular formula is C26H23N7O2S. The quantitative estimate of drug-likeness (QED) is 0.218. The Morgan fingerprint density at radius 2 is 2.03 bits per heavy atom. The molecule has 2 fully saturated rings. The normalized spacial score (nSPS) is 23.4. The van der Waals surface area contributed by atoms with Gasteiger partial charge in [-0.2, -0.15) is 4.73 Å². The summed E-state index contributed by atoms with van der Waals surface area (Å²) in [5.41, 5.74) is 17.8. The highest BCUT2D eigenvalue weighted by molar-refractivity contribution is 7.99. The van der Waals surface area contributed by atoms with E-state index in [1.807, 2.05) is 12.1 Å². The van der Waals surface area contributed by atoms with Crippen LogP contribution in [0, 0.1) is 24.0 Å². The molecule has 1 aliphatic heterocycles. The molecule has 1 unspecified atom stereocenters. The van der Waals surface area contributed by atoms with Crippen molar-refractivity contribution in [2.45, 2.75) is 28.9 Å². The van der Waals surface area contributed by atoms with Gasteiger partial charge in [0.25, 0.3) is 0 Å². The zero-order chi connectivity index (χ0) is 24.8. The number of amides is 1. The maximum Gasteiger partial charge on any atom is 0.243 e. The summed E-state index contributed by atoms with van der Waals surface area (Å²) in [7, 11) is 0. The molecule has 10 heteroatoms. The average Bonchev–Trinajstić information content (AvgIpc) is 3.20. The minimum Gasteiger partial charge on any atom is -0.618 e. The molecule has 4 heterocycles. The van der Waals surface area contributed by atoms with Gasteiger partial charge < -0.3 is 21.6 Å². The number of pyridine rings is 2. The van der Waals surface area contributed by atoms with Gasteiger partial charge >= 0.3 is 0 Å². The molecule has 0 radical (unpaired) electrons. The van der Waals surface area contributed by atoms with Crippen LogP contribution in [0.15, 0.2) is 58.8 Å². The minimum absolute atomic E-state index is 0.0345. The van der Waals surface area contributed by atoms with Crippen molar-refractivity contribution in [3.8, 4) is 11.1 Å². The molecule has 9 nitrogen and oxygen atoms in total. The number of nitrogens with zero attached hydrogens (tertiary/aromatic N) is 5. The van der Waals surface area contributed by atoms with E-state index in [2.05, 4.69) is 35.0 Å². The van der Waals surface area contributed by atoms with Gasteiger partial charge in [0, 0.05) is 60.1 Å². The first kappa shape index (κ1) is 21.5. The minimum atomic E-state index is -0.913. The van der Waals surface area contributed by atoms with Crippen molar-refractivity contribution in [1.29, 1.82) is 0 Å². The lowest BCUT2D eigenvalue weighted by molar-refractivity contribution is -0.577. The number of rotatable bonds is 4. The van der Waals surface area contributed by atoms with Crippen molar-refractivity contribution < 1.29 is 9.52 Å². The second kappa shape index (κ2) is 7.37. The van der Waals surface area contributed by atoms with Crippen molar-refractivity contribution in [3.05, 3.63) is 70.8 Å². The van der Waals surface area contributed by atoms with Crippen molar-refractivity contribution in [2.24, 2.45) is 23.3 Å². The van der Waals surface area contributed by atoms with Crippen LogP contribution in [0.5, 0.6) is 0 Å². The number of nitrogens with two attached hydrogens (primary N) is 2. The summed E-state index contributed by atoms with van der Waals surface area (Å²) >= 11 is 1.39. The largest absolute Gasteiger partial charge is 0.618 e. The molecule has 36 heavy (non-hydrogen) atoms. The summed E-state index contributed by atoms with van der Waals surface area (Å²) < 4.78 is 0.815. The molecule has 1 saturated heterocycles. The predicted molar refractivity (Wildman–Crippen MR) is 135 cm³/mol. The van der Waals surface area contributed by atoms with E-state index in [-0.39, 0.29) is 11.8 Å². The van der Waals surface area contributed by atoms with Crippen molar-refractivity contribution in [1.82, 2.24) is 15.0 Å². The summed E-state index contributed by atoms with van der Waals surface area (Å²) in [6, 6.07) is 11.6. The zero-order valence-corrected chi connectivity index (χ0v) is 20.3. The third kappa shape index (κ3) is 2.97. The number of benzene rings is 1. The van der Waals surface area contributed by atoms with Crippen LogP contribution in [0.1, 0.15) is 16.8 Å². The van der Waals surface area contributed by atoms with Gasteiger partial charge in [-0.15, -0.1) is 0 Å². The van der Waals surface area contributed by atoms with E-state index in [0.717, 1.165) is 38.7 Å². The molecule has 7 rings (SSSR count). The number of anilines is 1. The van der Waals surface area contributed by atoms with Crippen LogP contribution in [0.3, 0.4) is 0 Å². The van der Waals surface area contributed by atoms with Gasteiger partial charge in [-0.1, -0.05) is 18.2 Å². The van der Waals surface area contributed by atoms with E-state index in [0.29, 0.717) is 29.3 Å². The van der Waals surface area contributed by atoms with E-state index in [4.69, 9.17) is 21.4 Å². The SMILES string of the molecule is Cc1cccc2c1Cc1nc(Sc3cnc4ccc[n+]([O-])c4c3)nc(N3C[C@@H]4[C@H](C3)C4(N)C(N)=O)c1-2. The maximum atomic E-state index is 12.2. The standard InChI is InChI=1S/C26H23N7O2S/c1-13-4-2-5-15-16(13)9-20-22(15)23(32-11-17-18(12-32)26(17,28)24(27)34)31-25(30-20)36-14-8-21-19(29-10-14)6-3-7-33(21)35/h2-8,10,17-18H,9,11-12,28H2,1H3,(H2,27,34)/t17-,18+,26?. The topological polar surface area (TPSA) is 138 Å². The lowest BCUT2D eigenvalue weighted by Crippen LogP contribution is -2.47. The number of hydrogen-bond acceptors (Lipinski definition) is 8. The number of carbonyl (C=O) groups is 1. The molecule has 4 aromatic rings. The Kier molecular flexibility index (Phi) is 4.41. The van der Waals surface area contributed by atoms with E-state index >= 15 is 0 Å². The van der Waals surface area contributed by atoms with Gasteiger partial charge in [0.15, 0.2) is 11.4 Å². The number of carbonyl (C=O) groups excluding carboxylic acids is 1. The molecular weight excluding hydrogens is 474 g/mol. The number of primary amides is 1. The van der Waals surface area contributed by atoms with Crippen molar-refractivity contribution in [3.63, 3.8) is 0 Å². The first-order chi connectivity index (χ1) is 17.3. The van der Waals surface area contributed by atoms with E-state index < -0.39 is 11.4 Å². The highest BCUT2D eigenvalue weighted by Gasteiger charge is 2.70. The lowest BCUT2D eigenvalue weighted by Gasteiger charge is -2.26. The zero-order valence-electron chi connectivity index (χ0n) is 19.5. The summed E-state index contributed by atoms with van der Waals surface area (Å²) in [5, 5.41) is 12.8. The first-order valence-corrected chi connectivity index (χ1v) is 12.7. The summed E-state index contributed by atoms with van der Waals surface area (Å²) in [6.07, 6.45) is 3.94. The van der Waals surface area contributed by atoms with Crippen LogP contribution >= 0.6 is 11.8 Å². The molecule has 4 N–H and O–H groups in total. The maximum absolute atomic E-state index is 12.2. The summed E-state index contributed by atoms with van der Waals surface area (Å²) in [5.74, 6) is 0.500. The number of aryl methyl sites for hydroxylation is 1. The summed E-state index contributed by atoms with van der Waals surface area (Å²) in [6.45, 7) is 3.38. The van der Waals surface area contributed by atoms with Gasteiger partial charge in [0.2, 0.25) is 11.4 Å². The molecule has 2 aliphatic carbocycles. The van der Waals surface area contributed by atoms with Gasteiger partial charge in [0.1, 0.15) is 16.9 Å². The second-order valence-corrected chi connectivity index (χ2v) is 10.9. The fraction of sp³-hybridized carbons (Fsp3) is 0.269. The predicted octanol–water partition coefficient (Wildman–Crippen LogP) is 1.94. The Hall–Kier alpha value is -3.76. The van der Waals surface area contributed by atoms with Crippen molar-refractivity contribution in [2.75, 3.05) is 18.0 Å². The smallest absolute Gasteiger partial charge is 0.243 e. The van der Waals surface area contributed by atoms with E-state index in [1.165, 1.54) is 29.1 Å². The fourth-order valence-electron chi connectivity index (χ4n) is 5.90. The van der Waals surface area contributed by atoms with Crippen LogP contribution < -0.4 is 21.1 Å². The van der Waals surface area contributed by atoms with Gasteiger partial charge in [-0.3, -0.25) is 4.79 Å². The highest BCUT2D eigenvalue weighted by atomic mass is 32.2. The third-order valence-corrected chi connectivity index (χ3v) is 8.75. The Morgan fingerprint density at radius 1 is 1.22 bits per heavy atom. The van der Waals surface area contributed by atoms with E-state index in [9.17, 15) is 10.0 Å². The number of piperidine rings is 1. The molecule has 0 spiro atoms. The fourth-order valence-corrected chi connectivity index (χ4v) is 6.68. The monoisotopic (exact) mass is 497 g/mol.